The van der Waals surface area contributed by atoms with Crippen molar-refractivity contribution in [2.45, 2.75) is 32.1 Å². The van der Waals surface area contributed by atoms with E-state index in [1.54, 1.807) is 12.2 Å². The Morgan fingerprint density at radius 1 is 1.22 bits per heavy atom. The predicted octanol–water partition coefficient (Wildman–Crippen LogP) is 3.59. The van der Waals surface area contributed by atoms with Crippen LogP contribution in [0.2, 0.25) is 0 Å². The first-order chi connectivity index (χ1) is 12.8. The average Bonchev–Trinajstić information content (AvgIpc) is 3.08. The summed E-state index contributed by atoms with van der Waals surface area (Å²) in [6.07, 6.45) is -1.13. The van der Waals surface area contributed by atoms with Gasteiger partial charge in [-0.2, -0.15) is 18.3 Å². The van der Waals surface area contributed by atoms with Crippen molar-refractivity contribution in [2.24, 2.45) is 0 Å². The fraction of sp³-hybridized carbons (Fsp3) is 0.389. The summed E-state index contributed by atoms with van der Waals surface area (Å²) in [6.45, 7) is 5.13. The summed E-state index contributed by atoms with van der Waals surface area (Å²) in [7, 11) is 0. The maximum Gasteiger partial charge on any atom is 0.416 e. The summed E-state index contributed by atoms with van der Waals surface area (Å²) in [5, 5.41) is 15.0. The molecule has 3 rings (SSSR count). The Hall–Kier alpha value is -2.68. The zero-order valence-corrected chi connectivity index (χ0v) is 14.9. The first-order valence-electron chi connectivity index (χ1n) is 8.48. The Morgan fingerprint density at radius 3 is 2.44 bits per heavy atom. The zero-order chi connectivity index (χ0) is 19.6. The van der Waals surface area contributed by atoms with E-state index < -0.39 is 11.7 Å². The largest absolute Gasteiger partial charge is 0.416 e. The van der Waals surface area contributed by atoms with Crippen molar-refractivity contribution >= 4 is 11.9 Å². The van der Waals surface area contributed by atoms with Gasteiger partial charge in [-0.1, -0.05) is 12.1 Å². The summed E-state index contributed by atoms with van der Waals surface area (Å²) in [5.41, 5.74) is -0.242. The van der Waals surface area contributed by atoms with Gasteiger partial charge in [-0.05, 0) is 38.1 Å². The number of amidine groups is 1. The van der Waals surface area contributed by atoms with E-state index in [1.807, 2.05) is 18.7 Å². The maximum absolute atomic E-state index is 12.6. The lowest BCUT2D eigenvalue weighted by atomic mass is 10.1. The highest BCUT2D eigenvalue weighted by Crippen LogP contribution is 2.30. The van der Waals surface area contributed by atoms with E-state index in [9.17, 15) is 13.2 Å². The average molecular weight is 379 g/mol. The molecule has 1 aliphatic heterocycles. The van der Waals surface area contributed by atoms with Crippen molar-refractivity contribution in [1.82, 2.24) is 20.1 Å². The second kappa shape index (κ2) is 7.51. The van der Waals surface area contributed by atoms with E-state index in [4.69, 9.17) is 10.1 Å². The van der Waals surface area contributed by atoms with Crippen molar-refractivity contribution in [1.29, 1.82) is 5.41 Å². The van der Waals surface area contributed by atoms with Gasteiger partial charge in [-0.3, -0.25) is 10.5 Å². The van der Waals surface area contributed by atoms with Gasteiger partial charge in [0, 0.05) is 5.56 Å². The molecule has 1 fully saturated rings. The lowest BCUT2D eigenvalue weighted by molar-refractivity contribution is -0.137. The van der Waals surface area contributed by atoms with Gasteiger partial charge in [0.2, 0.25) is 0 Å². The summed E-state index contributed by atoms with van der Waals surface area (Å²) in [5.74, 6) is 1.05. The van der Waals surface area contributed by atoms with Crippen LogP contribution in [0.15, 0.2) is 30.3 Å². The van der Waals surface area contributed by atoms with E-state index in [1.165, 1.54) is 12.1 Å². The van der Waals surface area contributed by atoms with Crippen LogP contribution >= 0.6 is 0 Å². The van der Waals surface area contributed by atoms with Gasteiger partial charge in [0.15, 0.2) is 5.82 Å². The van der Waals surface area contributed by atoms with E-state index >= 15 is 0 Å². The lowest BCUT2D eigenvalue weighted by Gasteiger charge is -2.39. The number of H-pyrrole nitrogens is 1. The summed E-state index contributed by atoms with van der Waals surface area (Å²) in [4.78, 5) is 6.22. The van der Waals surface area contributed by atoms with E-state index in [2.05, 4.69) is 15.2 Å². The molecule has 1 aliphatic rings. The Labute approximate surface area is 154 Å². The topological polar surface area (TPSA) is 77.9 Å². The Bertz CT molecular complexity index is 818. The number of alkyl halides is 3. The number of rotatable bonds is 3. The fourth-order valence-electron chi connectivity index (χ4n) is 3.01. The SMILES string of the molecule is CC1COCC(C)N1C(=N)/C=C\c1nc(-c2ccc(C(F)(F)F)cc2)n[nH]1. The lowest BCUT2D eigenvalue weighted by Crippen LogP contribution is -2.51. The van der Waals surface area contributed by atoms with Crippen LogP contribution in [0, 0.1) is 5.41 Å². The normalized spacial score (nSPS) is 21.0. The number of aromatic amines is 1. The van der Waals surface area contributed by atoms with Crippen LogP contribution < -0.4 is 0 Å². The number of benzene rings is 1. The summed E-state index contributed by atoms with van der Waals surface area (Å²) < 4.78 is 43.4. The maximum atomic E-state index is 12.6. The zero-order valence-electron chi connectivity index (χ0n) is 14.9. The second-order valence-corrected chi connectivity index (χ2v) is 6.48. The molecule has 1 saturated heterocycles. The molecule has 0 bridgehead atoms. The number of morpholine rings is 1. The van der Waals surface area contributed by atoms with Gasteiger partial charge in [-0.15, -0.1) is 0 Å². The molecule has 0 spiro atoms. The number of aromatic nitrogens is 3. The predicted molar refractivity (Wildman–Crippen MR) is 95.2 cm³/mol. The minimum Gasteiger partial charge on any atom is -0.377 e. The monoisotopic (exact) mass is 379 g/mol. The molecule has 6 nitrogen and oxygen atoms in total. The third kappa shape index (κ3) is 4.36. The standard InChI is InChI=1S/C18H20F3N5O/c1-11-9-27-10-12(2)26(11)15(22)7-8-16-23-17(25-24-16)13-3-5-14(6-4-13)18(19,20)21/h3-8,11-12,22H,9-10H2,1-2H3,(H,23,24,25)/b8-7-,22-15?. The Morgan fingerprint density at radius 2 is 1.85 bits per heavy atom. The number of ether oxygens (including phenoxy) is 1. The van der Waals surface area contributed by atoms with Gasteiger partial charge < -0.3 is 9.64 Å². The molecule has 2 heterocycles. The van der Waals surface area contributed by atoms with Crippen LogP contribution in [0.25, 0.3) is 17.5 Å². The van der Waals surface area contributed by atoms with Crippen molar-refractivity contribution in [3.63, 3.8) is 0 Å². The summed E-state index contributed by atoms with van der Waals surface area (Å²) in [6, 6.07) is 4.86. The van der Waals surface area contributed by atoms with Crippen molar-refractivity contribution < 1.29 is 17.9 Å². The van der Waals surface area contributed by atoms with Crippen molar-refractivity contribution in [3.05, 3.63) is 41.7 Å². The van der Waals surface area contributed by atoms with Gasteiger partial charge in [0.05, 0.1) is 30.9 Å². The van der Waals surface area contributed by atoms with Crippen LogP contribution in [-0.4, -0.2) is 51.2 Å². The van der Waals surface area contributed by atoms with Crippen molar-refractivity contribution in [3.8, 4) is 11.4 Å². The Balaban J connectivity index is 1.70. The fourth-order valence-corrected chi connectivity index (χ4v) is 3.01. The molecule has 0 aliphatic carbocycles. The quantitative estimate of drug-likeness (QED) is 0.631. The van der Waals surface area contributed by atoms with Crippen LogP contribution in [0.5, 0.6) is 0 Å². The van der Waals surface area contributed by atoms with E-state index in [0.29, 0.717) is 36.3 Å². The number of hydrogen-bond donors (Lipinski definition) is 2. The molecular weight excluding hydrogens is 359 g/mol. The van der Waals surface area contributed by atoms with Gasteiger partial charge in [0.1, 0.15) is 11.7 Å². The molecule has 2 atom stereocenters. The molecule has 2 unspecified atom stereocenters. The smallest absolute Gasteiger partial charge is 0.377 e. The first-order valence-corrected chi connectivity index (χ1v) is 8.48. The van der Waals surface area contributed by atoms with Crippen LogP contribution in [-0.2, 0) is 10.9 Å². The van der Waals surface area contributed by atoms with E-state index in [0.717, 1.165) is 12.1 Å². The highest BCUT2D eigenvalue weighted by atomic mass is 19.4. The molecule has 0 radical (unpaired) electrons. The number of nitrogens with one attached hydrogen (secondary N) is 2. The molecule has 0 amide bonds. The molecule has 0 saturated carbocycles. The molecule has 1 aromatic heterocycles. The molecular formula is C18H20F3N5O. The molecule has 27 heavy (non-hydrogen) atoms. The number of halogens is 3. The minimum absolute atomic E-state index is 0.100. The summed E-state index contributed by atoms with van der Waals surface area (Å²) >= 11 is 0. The first kappa shape index (κ1) is 19.1. The highest BCUT2D eigenvalue weighted by Gasteiger charge is 2.30. The van der Waals surface area contributed by atoms with Gasteiger partial charge in [0.25, 0.3) is 0 Å². The second-order valence-electron chi connectivity index (χ2n) is 6.48. The van der Waals surface area contributed by atoms with Gasteiger partial charge >= 0.3 is 6.18 Å². The van der Waals surface area contributed by atoms with Crippen LogP contribution in [0.1, 0.15) is 25.2 Å². The van der Waals surface area contributed by atoms with Crippen LogP contribution in [0.3, 0.4) is 0 Å². The molecule has 144 valence electrons. The molecule has 2 aromatic rings. The molecule has 9 heteroatoms. The Kier molecular flexibility index (Phi) is 5.31. The third-order valence-corrected chi connectivity index (χ3v) is 4.32. The number of hydrogen-bond acceptors (Lipinski definition) is 4. The molecule has 2 N–H and O–H groups in total. The van der Waals surface area contributed by atoms with Crippen LogP contribution in [0.4, 0.5) is 13.2 Å². The minimum atomic E-state index is -4.38. The van der Waals surface area contributed by atoms with Crippen molar-refractivity contribution in [2.75, 3.05) is 13.2 Å². The third-order valence-electron chi connectivity index (χ3n) is 4.32. The van der Waals surface area contributed by atoms with E-state index in [-0.39, 0.29) is 12.1 Å². The highest BCUT2D eigenvalue weighted by molar-refractivity contribution is 5.94. The van der Waals surface area contributed by atoms with Gasteiger partial charge in [-0.25, -0.2) is 4.98 Å². The number of nitrogens with zero attached hydrogens (tertiary/aromatic N) is 3. The molecule has 1 aromatic carbocycles.